The maximum atomic E-state index is 6.46. The number of hydrogen-bond donors (Lipinski definition) is 0. The Balaban J connectivity index is 1.38. The normalized spacial score (nSPS) is 11.2. The first-order chi connectivity index (χ1) is 13.1. The summed E-state index contributed by atoms with van der Waals surface area (Å²) in [4.78, 5) is 0.779. The second-order valence-electron chi connectivity index (χ2n) is 5.39. The first-order valence-corrected chi connectivity index (χ1v) is 10.8. The van der Waals surface area contributed by atoms with Crippen molar-refractivity contribution in [2.24, 2.45) is 0 Å². The maximum absolute atomic E-state index is 6.46. The van der Waals surface area contributed by atoms with E-state index in [2.05, 4.69) is 10.2 Å². The van der Waals surface area contributed by atoms with Crippen molar-refractivity contribution in [3.05, 3.63) is 57.5 Å². The molecule has 0 N–H and O–H groups in total. The zero-order valence-corrected chi connectivity index (χ0v) is 17.5. The summed E-state index contributed by atoms with van der Waals surface area (Å²) < 4.78 is 12.5. The second-order valence-corrected chi connectivity index (χ2v) is 8.71. The molecular formula is C18H11Cl3N2O2S2. The highest BCUT2D eigenvalue weighted by Gasteiger charge is 2.17. The number of benzene rings is 2. The van der Waals surface area contributed by atoms with E-state index in [1.807, 2.05) is 24.3 Å². The molecule has 0 spiro atoms. The van der Waals surface area contributed by atoms with Gasteiger partial charge >= 0.3 is 0 Å². The Kier molecular flexibility index (Phi) is 5.80. The molecule has 0 aliphatic carbocycles. The van der Waals surface area contributed by atoms with Crippen LogP contribution in [0.25, 0.3) is 20.9 Å². The number of fused-ring (bicyclic) bond motifs is 1. The Bertz CT molecular complexity index is 1100. The van der Waals surface area contributed by atoms with Crippen molar-refractivity contribution >= 4 is 68.0 Å². The van der Waals surface area contributed by atoms with Gasteiger partial charge in [0.05, 0.1) is 16.7 Å². The average Bonchev–Trinajstić information content (AvgIpc) is 3.25. The largest absolute Gasteiger partial charge is 0.491 e. The van der Waals surface area contributed by atoms with Crippen LogP contribution in [0.1, 0.15) is 0 Å². The molecule has 138 valence electrons. The van der Waals surface area contributed by atoms with E-state index in [-0.39, 0.29) is 0 Å². The van der Waals surface area contributed by atoms with E-state index in [1.165, 1.54) is 23.1 Å². The molecule has 4 aromatic rings. The fourth-order valence-corrected chi connectivity index (χ4v) is 4.86. The van der Waals surface area contributed by atoms with Crippen LogP contribution in [0.15, 0.2) is 52.1 Å². The molecule has 0 aliphatic heterocycles. The van der Waals surface area contributed by atoms with Crippen LogP contribution in [0.2, 0.25) is 15.1 Å². The number of hydrogen-bond acceptors (Lipinski definition) is 6. The molecule has 0 aliphatic rings. The van der Waals surface area contributed by atoms with Gasteiger partial charge in [-0.2, -0.15) is 0 Å². The Morgan fingerprint density at radius 2 is 1.93 bits per heavy atom. The van der Waals surface area contributed by atoms with Gasteiger partial charge in [-0.1, -0.05) is 64.8 Å². The van der Waals surface area contributed by atoms with Gasteiger partial charge < -0.3 is 9.15 Å². The third-order valence-corrected chi connectivity index (χ3v) is 6.57. The van der Waals surface area contributed by atoms with Gasteiger partial charge in [-0.15, -0.1) is 21.5 Å². The summed E-state index contributed by atoms with van der Waals surface area (Å²) in [6, 6.07) is 13.0. The first-order valence-electron chi connectivity index (χ1n) is 7.83. The molecule has 0 amide bonds. The number of aromatic nitrogens is 2. The molecule has 2 heterocycles. The summed E-state index contributed by atoms with van der Waals surface area (Å²) in [5, 5.41) is 11.3. The van der Waals surface area contributed by atoms with Crippen LogP contribution in [0.4, 0.5) is 0 Å². The summed E-state index contributed by atoms with van der Waals surface area (Å²) in [5.41, 5.74) is 0. The highest BCUT2D eigenvalue weighted by Crippen LogP contribution is 2.41. The SMILES string of the molecule is Clc1ccc(OCCSc2nnc(-c3sc4ccccc4c3Cl)o2)c(Cl)c1. The fraction of sp³-hybridized carbons (Fsp3) is 0.111. The van der Waals surface area contributed by atoms with E-state index in [0.717, 1.165) is 15.0 Å². The van der Waals surface area contributed by atoms with Gasteiger partial charge in [0.1, 0.15) is 10.6 Å². The molecule has 0 atom stereocenters. The summed E-state index contributed by atoms with van der Waals surface area (Å²) >= 11 is 21.3. The number of rotatable bonds is 6. The molecule has 0 bridgehead atoms. The van der Waals surface area contributed by atoms with Crippen LogP contribution in [-0.2, 0) is 0 Å². The lowest BCUT2D eigenvalue weighted by Crippen LogP contribution is -2.00. The number of halogens is 3. The topological polar surface area (TPSA) is 48.2 Å². The lowest BCUT2D eigenvalue weighted by atomic mass is 10.2. The molecule has 4 nitrogen and oxygen atoms in total. The van der Waals surface area contributed by atoms with Crippen LogP contribution in [0, 0.1) is 0 Å². The highest BCUT2D eigenvalue weighted by atomic mass is 35.5. The van der Waals surface area contributed by atoms with E-state index < -0.39 is 0 Å². The Morgan fingerprint density at radius 3 is 2.74 bits per heavy atom. The first kappa shape index (κ1) is 18.9. The average molecular weight is 458 g/mol. The minimum atomic E-state index is 0.422. The monoisotopic (exact) mass is 456 g/mol. The van der Waals surface area contributed by atoms with Crippen LogP contribution in [0.3, 0.4) is 0 Å². The summed E-state index contributed by atoms with van der Waals surface area (Å²) in [7, 11) is 0. The number of nitrogens with zero attached hydrogens (tertiary/aromatic N) is 2. The maximum Gasteiger partial charge on any atom is 0.277 e. The number of ether oxygens (including phenoxy) is 1. The summed E-state index contributed by atoms with van der Waals surface area (Å²) in [6.45, 7) is 0.438. The van der Waals surface area contributed by atoms with Gasteiger partial charge in [0.2, 0.25) is 0 Å². The lowest BCUT2D eigenvalue weighted by Gasteiger charge is -2.06. The van der Waals surface area contributed by atoms with Gasteiger partial charge in [0, 0.05) is 20.9 Å². The van der Waals surface area contributed by atoms with Crippen molar-refractivity contribution in [2.75, 3.05) is 12.4 Å². The van der Waals surface area contributed by atoms with Gasteiger partial charge in [-0.3, -0.25) is 0 Å². The summed E-state index contributed by atoms with van der Waals surface area (Å²) in [6.07, 6.45) is 0. The third kappa shape index (κ3) is 4.20. The molecule has 2 aromatic carbocycles. The molecule has 0 radical (unpaired) electrons. The standard InChI is InChI=1S/C18H11Cl3N2O2S2/c19-10-5-6-13(12(20)9-10)24-7-8-26-18-23-22-17(25-18)16-15(21)11-3-1-2-4-14(11)27-16/h1-6,9H,7-8H2. The Morgan fingerprint density at radius 1 is 1.07 bits per heavy atom. The molecule has 0 unspecified atom stereocenters. The molecule has 9 heteroatoms. The minimum absolute atomic E-state index is 0.422. The molecule has 0 saturated heterocycles. The Labute approximate surface area is 178 Å². The quantitative estimate of drug-likeness (QED) is 0.229. The van der Waals surface area contributed by atoms with Crippen molar-refractivity contribution in [3.63, 3.8) is 0 Å². The zero-order chi connectivity index (χ0) is 18.8. The van der Waals surface area contributed by atoms with Crippen molar-refractivity contribution in [1.82, 2.24) is 10.2 Å². The molecule has 0 saturated carbocycles. The summed E-state index contributed by atoms with van der Waals surface area (Å²) in [5.74, 6) is 1.64. The highest BCUT2D eigenvalue weighted by molar-refractivity contribution is 7.99. The van der Waals surface area contributed by atoms with Crippen molar-refractivity contribution in [3.8, 4) is 16.5 Å². The van der Waals surface area contributed by atoms with Gasteiger partial charge in [0.15, 0.2) is 0 Å². The predicted molar refractivity (Wildman–Crippen MR) is 113 cm³/mol. The van der Waals surface area contributed by atoms with Gasteiger partial charge in [0.25, 0.3) is 11.1 Å². The molecule has 4 rings (SSSR count). The van der Waals surface area contributed by atoms with Gasteiger partial charge in [-0.25, -0.2) is 0 Å². The molecule has 2 aromatic heterocycles. The predicted octanol–water partition coefficient (Wildman–Crippen LogP) is 7.08. The van der Waals surface area contributed by atoms with E-state index in [1.54, 1.807) is 18.2 Å². The van der Waals surface area contributed by atoms with Crippen molar-refractivity contribution in [2.45, 2.75) is 5.22 Å². The molecular weight excluding hydrogens is 447 g/mol. The van der Waals surface area contributed by atoms with Crippen molar-refractivity contribution < 1.29 is 9.15 Å². The fourth-order valence-electron chi connectivity index (χ4n) is 2.38. The van der Waals surface area contributed by atoms with Crippen LogP contribution in [0.5, 0.6) is 5.75 Å². The van der Waals surface area contributed by atoms with Gasteiger partial charge in [-0.05, 0) is 24.3 Å². The van der Waals surface area contributed by atoms with Crippen LogP contribution in [-0.4, -0.2) is 22.6 Å². The van der Waals surface area contributed by atoms with Crippen LogP contribution < -0.4 is 4.74 Å². The molecule has 0 fully saturated rings. The second kappa shape index (κ2) is 8.29. The third-order valence-electron chi connectivity index (χ3n) is 3.60. The Hall–Kier alpha value is -1.44. The minimum Gasteiger partial charge on any atom is -0.491 e. The van der Waals surface area contributed by atoms with E-state index in [4.69, 9.17) is 44.0 Å². The number of thioether (sulfide) groups is 1. The molecule has 27 heavy (non-hydrogen) atoms. The van der Waals surface area contributed by atoms with Crippen molar-refractivity contribution in [1.29, 1.82) is 0 Å². The smallest absolute Gasteiger partial charge is 0.277 e. The van der Waals surface area contributed by atoms with Crippen LogP contribution >= 0.6 is 57.9 Å². The van der Waals surface area contributed by atoms with E-state index in [0.29, 0.717) is 44.3 Å². The van der Waals surface area contributed by atoms with E-state index >= 15 is 0 Å². The van der Waals surface area contributed by atoms with E-state index in [9.17, 15) is 0 Å². The zero-order valence-electron chi connectivity index (χ0n) is 13.6. The number of thiophene rings is 1. The lowest BCUT2D eigenvalue weighted by molar-refractivity contribution is 0.343.